The van der Waals surface area contributed by atoms with Crippen LogP contribution < -0.4 is 0 Å². The van der Waals surface area contributed by atoms with E-state index in [9.17, 15) is 4.79 Å². The van der Waals surface area contributed by atoms with Crippen molar-refractivity contribution in [2.24, 2.45) is 0 Å². The van der Waals surface area contributed by atoms with Crippen molar-refractivity contribution in [3.63, 3.8) is 0 Å². The first kappa shape index (κ1) is 17.1. The van der Waals surface area contributed by atoms with Gasteiger partial charge in [-0.25, -0.2) is 9.78 Å². The number of carbonyl (C=O) groups is 1. The summed E-state index contributed by atoms with van der Waals surface area (Å²) in [4.78, 5) is 18.6. The van der Waals surface area contributed by atoms with Crippen molar-refractivity contribution in [2.75, 3.05) is 13.2 Å². The maximum Gasteiger partial charge on any atom is 0.411 e. The highest BCUT2D eigenvalue weighted by molar-refractivity contribution is 6.29. The Morgan fingerprint density at radius 3 is 2.81 bits per heavy atom. The van der Waals surface area contributed by atoms with E-state index in [0.717, 1.165) is 11.1 Å². The van der Waals surface area contributed by atoms with Crippen molar-refractivity contribution in [1.29, 1.82) is 0 Å². The van der Waals surface area contributed by atoms with Crippen molar-refractivity contribution < 1.29 is 14.3 Å². The van der Waals surface area contributed by atoms with E-state index in [1.165, 1.54) is 5.57 Å². The number of nitrogens with zero attached hydrogens (tertiary/aromatic N) is 2. The fourth-order valence-electron chi connectivity index (χ4n) is 3.45. The molecule has 1 saturated heterocycles. The number of morpholine rings is 1. The Morgan fingerprint density at radius 1 is 1.23 bits per heavy atom. The fourth-order valence-corrected chi connectivity index (χ4v) is 3.57. The third kappa shape index (κ3) is 3.59. The number of ether oxygens (including phenoxy) is 2. The zero-order valence-electron chi connectivity index (χ0n) is 14.2. The standard InChI is InChI=1S/C20H19ClN2O3/c21-19-7-6-15(10-22-19)16-8-17-12-25-13-18(9-16)23(17)20(24)26-11-14-4-2-1-3-5-14/h1-8,10,17-18H,9,11-13H2. The highest BCUT2D eigenvalue weighted by atomic mass is 35.5. The van der Waals surface area contributed by atoms with Crippen molar-refractivity contribution in [1.82, 2.24) is 9.88 Å². The van der Waals surface area contributed by atoms with Gasteiger partial charge in [0.2, 0.25) is 0 Å². The number of hydrogen-bond donors (Lipinski definition) is 0. The number of benzene rings is 1. The Bertz CT molecular complexity index is 808. The van der Waals surface area contributed by atoms with E-state index in [-0.39, 0.29) is 24.8 Å². The average Bonchev–Trinajstić information content (AvgIpc) is 2.66. The molecule has 2 aliphatic heterocycles. The molecule has 2 unspecified atom stereocenters. The number of pyridine rings is 1. The topological polar surface area (TPSA) is 51.7 Å². The van der Waals surface area contributed by atoms with E-state index in [1.54, 1.807) is 17.2 Å². The molecule has 2 aliphatic rings. The second-order valence-corrected chi connectivity index (χ2v) is 6.86. The molecule has 0 spiro atoms. The van der Waals surface area contributed by atoms with E-state index >= 15 is 0 Å². The number of hydrogen-bond acceptors (Lipinski definition) is 4. The molecule has 1 amide bonds. The van der Waals surface area contributed by atoms with Crippen molar-refractivity contribution >= 4 is 23.3 Å². The van der Waals surface area contributed by atoms with Crippen LogP contribution in [0.4, 0.5) is 4.79 Å². The van der Waals surface area contributed by atoms with Crippen molar-refractivity contribution in [3.8, 4) is 0 Å². The summed E-state index contributed by atoms with van der Waals surface area (Å²) in [6, 6.07) is 13.3. The fraction of sp³-hybridized carbons (Fsp3) is 0.300. The molecule has 5 nitrogen and oxygen atoms in total. The van der Waals surface area contributed by atoms with E-state index < -0.39 is 0 Å². The van der Waals surface area contributed by atoms with Gasteiger partial charge in [0.1, 0.15) is 11.8 Å². The number of amides is 1. The molecule has 0 N–H and O–H groups in total. The van der Waals surface area contributed by atoms with Crippen LogP contribution in [0.15, 0.2) is 54.7 Å². The summed E-state index contributed by atoms with van der Waals surface area (Å²) in [6.45, 7) is 1.25. The van der Waals surface area contributed by atoms with Gasteiger partial charge >= 0.3 is 6.09 Å². The van der Waals surface area contributed by atoms with Crippen LogP contribution in [0, 0.1) is 0 Å². The lowest BCUT2D eigenvalue weighted by Crippen LogP contribution is -2.56. The van der Waals surface area contributed by atoms with Gasteiger partial charge in [-0.15, -0.1) is 0 Å². The molecule has 2 aromatic rings. The predicted molar refractivity (Wildman–Crippen MR) is 98.7 cm³/mol. The zero-order valence-corrected chi connectivity index (χ0v) is 14.9. The molecule has 3 heterocycles. The van der Waals surface area contributed by atoms with Gasteiger partial charge in [0, 0.05) is 6.20 Å². The summed E-state index contributed by atoms with van der Waals surface area (Å²) in [5.41, 5.74) is 3.17. The van der Waals surface area contributed by atoms with E-state index in [0.29, 0.717) is 24.8 Å². The van der Waals surface area contributed by atoms with Crippen LogP contribution in [0.25, 0.3) is 5.57 Å². The Hall–Kier alpha value is -2.37. The van der Waals surface area contributed by atoms with Crippen molar-refractivity contribution in [3.05, 3.63) is 71.0 Å². The smallest absolute Gasteiger partial charge is 0.411 e. The summed E-state index contributed by atoms with van der Waals surface area (Å²) in [6.07, 6.45) is 4.26. The van der Waals surface area contributed by atoms with Crippen LogP contribution in [0.2, 0.25) is 5.15 Å². The molecule has 0 radical (unpaired) electrons. The molecule has 0 saturated carbocycles. The molecule has 2 bridgehead atoms. The minimum Gasteiger partial charge on any atom is -0.445 e. The Morgan fingerprint density at radius 2 is 2.08 bits per heavy atom. The Kier molecular flexibility index (Phi) is 4.91. The predicted octanol–water partition coefficient (Wildman–Crippen LogP) is 3.93. The van der Waals surface area contributed by atoms with Crippen LogP contribution in [0.3, 0.4) is 0 Å². The number of halogens is 1. The monoisotopic (exact) mass is 370 g/mol. The van der Waals surface area contributed by atoms with E-state index in [4.69, 9.17) is 21.1 Å². The molecular weight excluding hydrogens is 352 g/mol. The first-order valence-electron chi connectivity index (χ1n) is 8.60. The van der Waals surface area contributed by atoms with Gasteiger partial charge in [0.05, 0.1) is 25.3 Å². The van der Waals surface area contributed by atoms with Crippen LogP contribution in [-0.4, -0.2) is 41.3 Å². The summed E-state index contributed by atoms with van der Waals surface area (Å²) < 4.78 is 11.2. The molecular formula is C20H19ClN2O3. The van der Waals surface area contributed by atoms with Gasteiger partial charge in [-0.3, -0.25) is 4.90 Å². The first-order valence-corrected chi connectivity index (χ1v) is 8.98. The third-order valence-corrected chi connectivity index (χ3v) is 4.94. The lowest BCUT2D eigenvalue weighted by atomic mass is 9.91. The minimum absolute atomic E-state index is 0.0345. The number of fused-ring (bicyclic) bond motifs is 2. The highest BCUT2D eigenvalue weighted by Gasteiger charge is 2.39. The number of aromatic nitrogens is 1. The lowest BCUT2D eigenvalue weighted by Gasteiger charge is -2.43. The Labute approximate surface area is 157 Å². The molecule has 0 aliphatic carbocycles. The van der Waals surface area contributed by atoms with Crippen molar-refractivity contribution in [2.45, 2.75) is 25.1 Å². The number of carbonyl (C=O) groups excluding carboxylic acids is 1. The summed E-state index contributed by atoms with van der Waals surface area (Å²) in [5, 5.41) is 0.472. The van der Waals surface area contributed by atoms with E-state index in [1.807, 2.05) is 36.4 Å². The molecule has 26 heavy (non-hydrogen) atoms. The van der Waals surface area contributed by atoms with Gasteiger partial charge in [0.25, 0.3) is 0 Å². The second-order valence-electron chi connectivity index (χ2n) is 6.47. The van der Waals surface area contributed by atoms with Crippen LogP contribution >= 0.6 is 11.6 Å². The largest absolute Gasteiger partial charge is 0.445 e. The van der Waals surface area contributed by atoms with Crippen LogP contribution in [0.1, 0.15) is 17.5 Å². The second kappa shape index (κ2) is 7.48. The molecule has 1 fully saturated rings. The van der Waals surface area contributed by atoms with Crippen LogP contribution in [0.5, 0.6) is 0 Å². The average molecular weight is 371 g/mol. The highest BCUT2D eigenvalue weighted by Crippen LogP contribution is 2.33. The normalized spacial score (nSPS) is 21.9. The Balaban J connectivity index is 1.49. The van der Waals surface area contributed by atoms with Gasteiger partial charge < -0.3 is 9.47 Å². The van der Waals surface area contributed by atoms with Gasteiger partial charge in [-0.2, -0.15) is 0 Å². The zero-order chi connectivity index (χ0) is 17.9. The van der Waals surface area contributed by atoms with Gasteiger partial charge in [0.15, 0.2) is 0 Å². The SMILES string of the molecule is O=C(OCc1ccccc1)N1C2C=C(c3ccc(Cl)nc3)CC1COC2. The number of rotatable bonds is 3. The van der Waals surface area contributed by atoms with Gasteiger partial charge in [-0.1, -0.05) is 54.1 Å². The summed E-state index contributed by atoms with van der Waals surface area (Å²) in [7, 11) is 0. The third-order valence-electron chi connectivity index (χ3n) is 4.71. The molecule has 1 aromatic heterocycles. The molecule has 4 rings (SSSR count). The molecule has 134 valence electrons. The lowest BCUT2D eigenvalue weighted by molar-refractivity contribution is -0.0342. The maximum atomic E-state index is 12.7. The summed E-state index contributed by atoms with van der Waals surface area (Å²) >= 11 is 5.88. The molecule has 1 aromatic carbocycles. The maximum absolute atomic E-state index is 12.7. The molecule has 6 heteroatoms. The van der Waals surface area contributed by atoms with Crippen LogP contribution in [-0.2, 0) is 16.1 Å². The quantitative estimate of drug-likeness (QED) is 0.768. The minimum atomic E-state index is -0.295. The summed E-state index contributed by atoms with van der Waals surface area (Å²) in [5.74, 6) is 0. The van der Waals surface area contributed by atoms with Gasteiger partial charge in [-0.05, 0) is 29.2 Å². The molecule has 2 atom stereocenters. The first-order chi connectivity index (χ1) is 12.7. The van der Waals surface area contributed by atoms with E-state index in [2.05, 4.69) is 11.1 Å².